The van der Waals surface area contributed by atoms with Crippen LogP contribution in [-0.4, -0.2) is 69.0 Å². The third kappa shape index (κ3) is 5.23. The van der Waals surface area contributed by atoms with Crippen molar-refractivity contribution in [2.24, 2.45) is 0 Å². The number of hydrogen-bond donors (Lipinski definition) is 3. The Kier molecular flexibility index (Phi) is 6.82. The van der Waals surface area contributed by atoms with E-state index in [1.54, 1.807) is 14.1 Å². The summed E-state index contributed by atoms with van der Waals surface area (Å²) in [6, 6.07) is 3.82. The predicted molar refractivity (Wildman–Crippen MR) is 103 cm³/mol. The number of rotatable bonds is 7. The maximum absolute atomic E-state index is 12.5. The molecule has 11 nitrogen and oxygen atoms in total. The summed E-state index contributed by atoms with van der Waals surface area (Å²) >= 11 is 6.07. The number of methoxy groups -OCH3 is 1. The monoisotopic (exact) mass is 443 g/mol. The molecule has 1 heterocycles. The summed E-state index contributed by atoms with van der Waals surface area (Å²) in [5, 5.41) is 7.67. The van der Waals surface area contributed by atoms with Crippen molar-refractivity contribution in [2.45, 2.75) is 5.03 Å². The summed E-state index contributed by atoms with van der Waals surface area (Å²) in [6.45, 7) is -0.216. The number of ether oxygens (including phenoxy) is 1. The summed E-state index contributed by atoms with van der Waals surface area (Å²) in [5.41, 5.74) is -0.174. The van der Waals surface area contributed by atoms with Gasteiger partial charge in [-0.1, -0.05) is 11.6 Å². The number of carbonyl (C=O) groups is 3. The van der Waals surface area contributed by atoms with Crippen LogP contribution in [0.2, 0.25) is 5.02 Å². The fourth-order valence-corrected chi connectivity index (χ4v) is 3.52. The second-order valence-electron chi connectivity index (χ2n) is 5.88. The van der Waals surface area contributed by atoms with Gasteiger partial charge in [0.2, 0.25) is 5.91 Å². The van der Waals surface area contributed by atoms with E-state index in [0.717, 1.165) is 13.3 Å². The van der Waals surface area contributed by atoms with E-state index < -0.39 is 26.9 Å². The van der Waals surface area contributed by atoms with Gasteiger partial charge in [-0.2, -0.15) is 13.5 Å². The van der Waals surface area contributed by atoms with Crippen LogP contribution in [0, 0.1) is 0 Å². The molecule has 0 unspecified atom stereocenters. The molecule has 0 saturated carbocycles. The largest absolute Gasteiger partial charge is 0.465 e. The van der Waals surface area contributed by atoms with E-state index in [1.807, 2.05) is 0 Å². The minimum absolute atomic E-state index is 0.0429. The van der Waals surface area contributed by atoms with Crippen molar-refractivity contribution in [3.8, 4) is 0 Å². The van der Waals surface area contributed by atoms with Crippen LogP contribution in [0.5, 0.6) is 0 Å². The minimum Gasteiger partial charge on any atom is -0.465 e. The molecule has 2 amide bonds. The van der Waals surface area contributed by atoms with Gasteiger partial charge in [0.15, 0.2) is 5.03 Å². The molecule has 29 heavy (non-hydrogen) atoms. The highest BCUT2D eigenvalue weighted by Gasteiger charge is 2.26. The van der Waals surface area contributed by atoms with Gasteiger partial charge in [-0.15, -0.1) is 0 Å². The van der Waals surface area contributed by atoms with Gasteiger partial charge in [-0.3, -0.25) is 19.4 Å². The zero-order valence-corrected chi connectivity index (χ0v) is 17.2. The lowest BCUT2D eigenvalue weighted by atomic mass is 10.2. The number of amides is 2. The van der Waals surface area contributed by atoms with E-state index in [0.29, 0.717) is 0 Å². The number of esters is 1. The molecular formula is C16H18ClN5O6S. The van der Waals surface area contributed by atoms with E-state index in [9.17, 15) is 22.8 Å². The highest BCUT2D eigenvalue weighted by atomic mass is 35.5. The quantitative estimate of drug-likeness (QED) is 0.526. The summed E-state index contributed by atoms with van der Waals surface area (Å²) < 4.78 is 31.8. The number of nitrogens with zero attached hydrogens (tertiary/aromatic N) is 2. The second kappa shape index (κ2) is 8.92. The highest BCUT2D eigenvalue weighted by Crippen LogP contribution is 2.24. The fraction of sp³-hybridized carbons (Fsp3) is 0.250. The van der Waals surface area contributed by atoms with Crippen LogP contribution < -0.4 is 10.0 Å². The molecule has 0 aliphatic carbocycles. The van der Waals surface area contributed by atoms with E-state index in [2.05, 4.69) is 25.0 Å². The van der Waals surface area contributed by atoms with Crippen molar-refractivity contribution in [3.63, 3.8) is 0 Å². The molecule has 156 valence electrons. The average Bonchev–Trinajstić information content (AvgIpc) is 3.15. The van der Waals surface area contributed by atoms with Gasteiger partial charge in [0.25, 0.3) is 15.9 Å². The standard InChI is InChI=1S/C16H18ClN5O6S/c1-22(2)13(23)8-18-14(24)10-5-4-9(6-12(10)17)21-29(26,27)15-11(7-19-20-15)16(25)28-3/h4-7,21H,8H2,1-3H3,(H,18,24)(H,19,20). The summed E-state index contributed by atoms with van der Waals surface area (Å²) in [5.74, 6) is -1.78. The molecule has 3 N–H and O–H groups in total. The molecule has 1 aromatic carbocycles. The van der Waals surface area contributed by atoms with E-state index in [1.165, 1.54) is 23.1 Å². The summed E-state index contributed by atoms with van der Waals surface area (Å²) in [7, 11) is -0.0104. The van der Waals surface area contributed by atoms with Crippen LogP contribution in [0.3, 0.4) is 0 Å². The van der Waals surface area contributed by atoms with E-state index >= 15 is 0 Å². The Labute approximate surface area is 171 Å². The first-order chi connectivity index (χ1) is 13.6. The van der Waals surface area contributed by atoms with Crippen molar-refractivity contribution >= 4 is 45.1 Å². The molecule has 2 rings (SSSR count). The number of benzene rings is 1. The van der Waals surface area contributed by atoms with Crippen molar-refractivity contribution in [1.29, 1.82) is 0 Å². The van der Waals surface area contributed by atoms with Gasteiger partial charge in [-0.05, 0) is 18.2 Å². The van der Waals surface area contributed by atoms with Crippen LogP contribution in [0.1, 0.15) is 20.7 Å². The second-order valence-corrected chi connectivity index (χ2v) is 7.90. The fourth-order valence-electron chi connectivity index (χ4n) is 2.11. The van der Waals surface area contributed by atoms with Gasteiger partial charge in [0.05, 0.1) is 36.1 Å². The predicted octanol–water partition coefficient (Wildman–Crippen LogP) is 0.468. The van der Waals surface area contributed by atoms with Crippen molar-refractivity contribution in [2.75, 3.05) is 32.5 Å². The maximum Gasteiger partial charge on any atom is 0.342 e. The van der Waals surface area contributed by atoms with Crippen molar-refractivity contribution in [3.05, 3.63) is 40.5 Å². The smallest absolute Gasteiger partial charge is 0.342 e. The Morgan fingerprint density at radius 2 is 1.93 bits per heavy atom. The molecule has 0 fully saturated rings. The third-order valence-corrected chi connectivity index (χ3v) is 5.31. The SMILES string of the molecule is COC(=O)c1cn[nH]c1S(=O)(=O)Nc1ccc(C(=O)NCC(=O)N(C)C)c(Cl)c1. The Bertz CT molecular complexity index is 1050. The molecule has 0 spiro atoms. The molecule has 13 heteroatoms. The lowest BCUT2D eigenvalue weighted by Gasteiger charge is -2.12. The molecule has 0 aliphatic heterocycles. The highest BCUT2D eigenvalue weighted by molar-refractivity contribution is 7.92. The summed E-state index contributed by atoms with van der Waals surface area (Å²) in [6.07, 6.45) is 1.02. The summed E-state index contributed by atoms with van der Waals surface area (Å²) in [4.78, 5) is 36.7. The van der Waals surface area contributed by atoms with E-state index in [-0.39, 0.29) is 34.3 Å². The zero-order chi connectivity index (χ0) is 21.8. The minimum atomic E-state index is -4.21. The van der Waals surface area contributed by atoms with Gasteiger partial charge in [0, 0.05) is 14.1 Å². The Morgan fingerprint density at radius 1 is 1.24 bits per heavy atom. The number of nitrogens with one attached hydrogen (secondary N) is 3. The maximum atomic E-state index is 12.5. The van der Waals surface area contributed by atoms with Crippen LogP contribution in [0.4, 0.5) is 5.69 Å². The topological polar surface area (TPSA) is 151 Å². The first kappa shape index (κ1) is 22.2. The molecule has 0 bridgehead atoms. The van der Waals surface area contributed by atoms with Crippen LogP contribution >= 0.6 is 11.6 Å². The molecule has 0 saturated heterocycles. The zero-order valence-electron chi connectivity index (χ0n) is 15.6. The van der Waals surface area contributed by atoms with Crippen molar-refractivity contribution in [1.82, 2.24) is 20.4 Å². The molecule has 0 aliphatic rings. The first-order valence-corrected chi connectivity index (χ1v) is 9.85. The number of carbonyl (C=O) groups excluding carboxylic acids is 3. The molecule has 0 radical (unpaired) electrons. The number of aromatic amines is 1. The number of H-pyrrole nitrogens is 1. The lowest BCUT2D eigenvalue weighted by Crippen LogP contribution is -2.36. The Morgan fingerprint density at radius 3 is 2.52 bits per heavy atom. The van der Waals surface area contributed by atoms with E-state index in [4.69, 9.17) is 11.6 Å². The first-order valence-electron chi connectivity index (χ1n) is 7.99. The van der Waals surface area contributed by atoms with Gasteiger partial charge >= 0.3 is 5.97 Å². The normalized spacial score (nSPS) is 10.9. The molecule has 1 aromatic heterocycles. The van der Waals surface area contributed by atoms with Gasteiger partial charge in [0.1, 0.15) is 5.56 Å². The van der Waals surface area contributed by atoms with Gasteiger partial charge < -0.3 is 15.0 Å². The molecule has 2 aromatic rings. The number of sulfonamides is 1. The van der Waals surface area contributed by atoms with Gasteiger partial charge in [-0.25, -0.2) is 4.79 Å². The van der Waals surface area contributed by atoms with Crippen LogP contribution in [0.25, 0.3) is 0 Å². The average molecular weight is 444 g/mol. The number of halogens is 1. The van der Waals surface area contributed by atoms with Crippen molar-refractivity contribution < 1.29 is 27.5 Å². The van der Waals surface area contributed by atoms with Crippen LogP contribution in [0.15, 0.2) is 29.4 Å². The number of aromatic nitrogens is 2. The molecule has 0 atom stereocenters. The molecular weight excluding hydrogens is 426 g/mol. The number of anilines is 1. The number of hydrogen-bond acceptors (Lipinski definition) is 7. The Balaban J connectivity index is 2.18. The van der Waals surface area contributed by atoms with Crippen LogP contribution in [-0.2, 0) is 19.6 Å². The number of likely N-dealkylation sites (N-methyl/N-ethyl adjacent to an activating group) is 1. The third-order valence-electron chi connectivity index (χ3n) is 3.64. The Hall–Kier alpha value is -3.12. The lowest BCUT2D eigenvalue weighted by molar-refractivity contribution is -0.127.